The van der Waals surface area contributed by atoms with Gasteiger partial charge in [0.15, 0.2) is 12.3 Å². The van der Waals surface area contributed by atoms with Crippen molar-refractivity contribution in [3.05, 3.63) is 65.6 Å². The minimum Gasteiger partial charge on any atom is -0.389 e. The molecule has 0 aliphatic heterocycles. The third-order valence-electron chi connectivity index (χ3n) is 4.14. The van der Waals surface area contributed by atoms with Gasteiger partial charge in [0.1, 0.15) is 5.82 Å². The molecule has 3 aromatic rings. The molecule has 8 heteroatoms. The van der Waals surface area contributed by atoms with E-state index in [9.17, 15) is 0 Å². The maximum absolute atomic E-state index is 5.60. The third kappa shape index (κ3) is 5.35. The van der Waals surface area contributed by atoms with E-state index in [1.165, 1.54) is 12.8 Å². The van der Waals surface area contributed by atoms with Crippen LogP contribution in [-0.2, 0) is 18.5 Å². The van der Waals surface area contributed by atoms with Crippen LogP contribution in [0.25, 0.3) is 0 Å². The summed E-state index contributed by atoms with van der Waals surface area (Å²) in [6, 6.07) is 15.5. The van der Waals surface area contributed by atoms with Crippen molar-refractivity contribution in [1.82, 2.24) is 25.2 Å². The molecule has 0 bridgehead atoms. The van der Waals surface area contributed by atoms with E-state index < -0.39 is 0 Å². The first-order valence-electron chi connectivity index (χ1n) is 9.46. The molecule has 0 radical (unpaired) electrons. The fourth-order valence-electron chi connectivity index (χ4n) is 2.66. The average Bonchev–Trinajstić information content (AvgIpc) is 3.15. The van der Waals surface area contributed by atoms with Crippen molar-refractivity contribution in [2.75, 3.05) is 11.9 Å². The zero-order chi connectivity index (χ0) is 19.6. The largest absolute Gasteiger partial charge is 0.389 e. The lowest BCUT2D eigenvalue weighted by Crippen LogP contribution is -2.12. The number of anilines is 1. The third-order valence-corrected chi connectivity index (χ3v) is 4.14. The lowest BCUT2D eigenvalue weighted by atomic mass is 10.1. The van der Waals surface area contributed by atoms with Gasteiger partial charge in [0.25, 0.3) is 0 Å². The van der Waals surface area contributed by atoms with E-state index in [1.807, 2.05) is 48.5 Å². The summed E-state index contributed by atoms with van der Waals surface area (Å²) in [4.78, 5) is 10.2. The molecule has 0 fully saturated rings. The Morgan fingerprint density at radius 3 is 2.71 bits per heavy atom. The Labute approximate surface area is 164 Å². The molecule has 0 spiro atoms. The van der Waals surface area contributed by atoms with Crippen LogP contribution in [0.4, 0.5) is 5.82 Å². The monoisotopic (exact) mass is 379 g/mol. The maximum Gasteiger partial charge on any atom is 0.204 e. The van der Waals surface area contributed by atoms with Gasteiger partial charge in [-0.05, 0) is 29.0 Å². The number of hydrogen-bond donors (Lipinski definition) is 1. The van der Waals surface area contributed by atoms with Crippen LogP contribution < -0.4 is 5.32 Å². The van der Waals surface area contributed by atoms with Crippen molar-refractivity contribution in [2.45, 2.75) is 32.8 Å². The quantitative estimate of drug-likeness (QED) is 0.331. The minimum atomic E-state index is 0.256. The molecule has 0 unspecified atom stereocenters. The van der Waals surface area contributed by atoms with E-state index in [0.717, 1.165) is 30.0 Å². The molecule has 1 N–H and O–H groups in total. The predicted octanol–water partition coefficient (Wildman–Crippen LogP) is 3.18. The number of rotatable bonds is 10. The van der Waals surface area contributed by atoms with Gasteiger partial charge in [0, 0.05) is 19.2 Å². The van der Waals surface area contributed by atoms with Crippen LogP contribution in [-0.4, -0.2) is 37.4 Å². The zero-order valence-electron chi connectivity index (χ0n) is 16.2. The number of benzene rings is 1. The SMILES string of the molecule is CCCCCNc1cccc(CO/N=C(/c2ccccc2)c2nnnn2C)n1. The second-order valence-corrected chi connectivity index (χ2v) is 6.35. The predicted molar refractivity (Wildman–Crippen MR) is 108 cm³/mol. The van der Waals surface area contributed by atoms with E-state index >= 15 is 0 Å². The molecule has 28 heavy (non-hydrogen) atoms. The number of pyridine rings is 1. The van der Waals surface area contributed by atoms with Crippen molar-refractivity contribution in [2.24, 2.45) is 12.2 Å². The molecule has 0 aliphatic rings. The summed E-state index contributed by atoms with van der Waals surface area (Å²) in [5, 5.41) is 19.3. The molecule has 0 aliphatic carbocycles. The van der Waals surface area contributed by atoms with Gasteiger partial charge >= 0.3 is 0 Å². The Kier molecular flexibility index (Phi) is 7.06. The van der Waals surface area contributed by atoms with Gasteiger partial charge in [-0.3, -0.25) is 0 Å². The Balaban J connectivity index is 1.68. The van der Waals surface area contributed by atoms with Crippen LogP contribution in [0.5, 0.6) is 0 Å². The highest BCUT2D eigenvalue weighted by Gasteiger charge is 2.14. The molecular formula is C20H25N7O. The molecule has 0 atom stereocenters. The summed E-state index contributed by atoms with van der Waals surface area (Å²) < 4.78 is 1.56. The summed E-state index contributed by atoms with van der Waals surface area (Å²) in [5.41, 5.74) is 2.24. The highest BCUT2D eigenvalue weighted by atomic mass is 16.6. The Hall–Kier alpha value is -3.29. The molecule has 2 heterocycles. The van der Waals surface area contributed by atoms with Crippen LogP contribution in [0.3, 0.4) is 0 Å². The number of unbranched alkanes of at least 4 members (excludes halogenated alkanes) is 2. The summed E-state index contributed by atoms with van der Waals surface area (Å²) in [6.07, 6.45) is 3.55. The number of oxime groups is 1. The second kappa shape index (κ2) is 10.1. The van der Waals surface area contributed by atoms with E-state index in [4.69, 9.17) is 4.84 Å². The first-order valence-corrected chi connectivity index (χ1v) is 9.46. The Morgan fingerprint density at radius 1 is 1.11 bits per heavy atom. The number of hydrogen-bond acceptors (Lipinski definition) is 7. The molecule has 8 nitrogen and oxygen atoms in total. The zero-order valence-corrected chi connectivity index (χ0v) is 16.2. The van der Waals surface area contributed by atoms with Gasteiger partial charge in [-0.1, -0.05) is 61.3 Å². The summed E-state index contributed by atoms with van der Waals surface area (Å²) in [6.45, 7) is 3.37. The molecule has 3 rings (SSSR count). The number of aromatic nitrogens is 5. The van der Waals surface area contributed by atoms with Gasteiger partial charge in [-0.25, -0.2) is 9.67 Å². The number of nitrogens with zero attached hydrogens (tertiary/aromatic N) is 6. The standard InChI is InChI=1S/C20H25N7O/c1-3-4-8-14-21-18-13-9-12-17(22-18)15-28-24-19(16-10-6-5-7-11-16)20-23-25-26-27(20)2/h5-7,9-13H,3-4,8,14-15H2,1-2H3,(H,21,22)/b24-19-. The Morgan fingerprint density at radius 2 is 1.96 bits per heavy atom. The summed E-state index contributed by atoms with van der Waals surface area (Å²) in [5.74, 6) is 1.38. The van der Waals surface area contributed by atoms with Gasteiger partial charge in [-0.15, -0.1) is 5.10 Å². The highest BCUT2D eigenvalue weighted by molar-refractivity contribution is 6.10. The molecule has 146 valence electrons. The first-order chi connectivity index (χ1) is 13.8. The normalized spacial score (nSPS) is 11.4. The fourth-order valence-corrected chi connectivity index (χ4v) is 2.66. The average molecular weight is 379 g/mol. The van der Waals surface area contributed by atoms with Gasteiger partial charge < -0.3 is 10.2 Å². The Bertz CT molecular complexity index is 892. The first kappa shape index (κ1) is 19.5. The number of nitrogens with one attached hydrogen (secondary N) is 1. The van der Waals surface area contributed by atoms with Crippen LogP contribution in [0.1, 0.15) is 43.3 Å². The number of aryl methyl sites for hydroxylation is 1. The minimum absolute atomic E-state index is 0.256. The maximum atomic E-state index is 5.60. The van der Waals surface area contributed by atoms with Crippen molar-refractivity contribution in [1.29, 1.82) is 0 Å². The van der Waals surface area contributed by atoms with E-state index in [-0.39, 0.29) is 6.61 Å². The van der Waals surface area contributed by atoms with Crippen LogP contribution in [0.15, 0.2) is 53.7 Å². The summed E-state index contributed by atoms with van der Waals surface area (Å²) >= 11 is 0. The molecule has 2 aromatic heterocycles. The van der Waals surface area contributed by atoms with Crippen molar-refractivity contribution >= 4 is 11.5 Å². The summed E-state index contributed by atoms with van der Waals surface area (Å²) in [7, 11) is 1.77. The number of tetrazole rings is 1. The smallest absolute Gasteiger partial charge is 0.204 e. The van der Waals surface area contributed by atoms with Crippen molar-refractivity contribution in [3.8, 4) is 0 Å². The van der Waals surface area contributed by atoms with E-state index in [2.05, 4.69) is 37.9 Å². The van der Waals surface area contributed by atoms with Crippen molar-refractivity contribution in [3.63, 3.8) is 0 Å². The topological polar surface area (TPSA) is 90.1 Å². The molecule has 1 aromatic carbocycles. The lowest BCUT2D eigenvalue weighted by Gasteiger charge is -2.08. The highest BCUT2D eigenvalue weighted by Crippen LogP contribution is 2.10. The van der Waals surface area contributed by atoms with Crippen LogP contribution >= 0.6 is 0 Å². The second-order valence-electron chi connectivity index (χ2n) is 6.35. The van der Waals surface area contributed by atoms with Gasteiger partial charge in [-0.2, -0.15) is 0 Å². The fraction of sp³-hybridized carbons (Fsp3) is 0.350. The van der Waals surface area contributed by atoms with Gasteiger partial charge in [0.05, 0.1) is 5.69 Å². The molecule has 0 saturated carbocycles. The van der Waals surface area contributed by atoms with Gasteiger partial charge in [0.2, 0.25) is 5.82 Å². The van der Waals surface area contributed by atoms with E-state index in [1.54, 1.807) is 11.7 Å². The molecular weight excluding hydrogens is 354 g/mol. The van der Waals surface area contributed by atoms with Crippen molar-refractivity contribution < 1.29 is 4.84 Å². The molecule has 0 amide bonds. The molecule has 0 saturated heterocycles. The van der Waals surface area contributed by atoms with E-state index in [0.29, 0.717) is 11.5 Å². The van der Waals surface area contributed by atoms with Crippen LogP contribution in [0.2, 0.25) is 0 Å². The van der Waals surface area contributed by atoms with Crippen LogP contribution in [0, 0.1) is 0 Å². The lowest BCUT2D eigenvalue weighted by molar-refractivity contribution is 0.128.